The molecule has 0 aliphatic rings. The second kappa shape index (κ2) is 8.64. The van der Waals surface area contributed by atoms with Crippen molar-refractivity contribution in [1.29, 1.82) is 0 Å². The number of nitrogens with one attached hydrogen (secondary N) is 1. The molecule has 0 aromatic heterocycles. The molecule has 2 aromatic rings. The lowest BCUT2D eigenvalue weighted by Gasteiger charge is -2.08. The summed E-state index contributed by atoms with van der Waals surface area (Å²) in [6.07, 6.45) is 0.334. The summed E-state index contributed by atoms with van der Waals surface area (Å²) in [4.78, 5) is 11.6. The Morgan fingerprint density at radius 3 is 1.90 bits per heavy atom. The number of amides is 1. The number of hydrogen-bond acceptors (Lipinski definition) is 3. The van der Waals surface area contributed by atoms with E-state index in [1.165, 1.54) is 0 Å². The van der Waals surface area contributed by atoms with Crippen molar-refractivity contribution < 1.29 is 14.3 Å². The first-order valence-electron chi connectivity index (χ1n) is 6.97. The van der Waals surface area contributed by atoms with Gasteiger partial charge in [-0.25, -0.2) is 0 Å². The fourth-order valence-electron chi connectivity index (χ4n) is 1.74. The van der Waals surface area contributed by atoms with Crippen LogP contribution >= 0.6 is 0 Å². The molecule has 2 aromatic carbocycles. The van der Waals surface area contributed by atoms with Gasteiger partial charge in [0.1, 0.15) is 18.1 Å². The van der Waals surface area contributed by atoms with Gasteiger partial charge in [-0.3, -0.25) is 4.79 Å². The molecule has 0 aliphatic heterocycles. The molecule has 4 heteroatoms. The first kappa shape index (κ1) is 14.9. The molecule has 1 amide bonds. The summed E-state index contributed by atoms with van der Waals surface area (Å²) in [6.45, 7) is 1.31. The summed E-state index contributed by atoms with van der Waals surface area (Å²) < 4.78 is 10.9. The maximum atomic E-state index is 11.6. The van der Waals surface area contributed by atoms with Crippen LogP contribution in [0.2, 0.25) is 0 Å². The number of rotatable bonds is 8. The molecule has 0 saturated carbocycles. The fourth-order valence-corrected chi connectivity index (χ4v) is 1.74. The Labute approximate surface area is 124 Å². The van der Waals surface area contributed by atoms with Crippen molar-refractivity contribution in [1.82, 2.24) is 5.32 Å². The van der Waals surface area contributed by atoms with Gasteiger partial charge in [0.25, 0.3) is 0 Å². The molecule has 21 heavy (non-hydrogen) atoms. The predicted octanol–water partition coefficient (Wildman–Crippen LogP) is 2.65. The quantitative estimate of drug-likeness (QED) is 0.759. The molecule has 110 valence electrons. The SMILES string of the molecule is O=C(CCOc1ccccc1)NCCOc1ccccc1. The number of ether oxygens (including phenoxy) is 2. The molecule has 0 radical (unpaired) electrons. The van der Waals surface area contributed by atoms with Crippen LogP contribution in [-0.2, 0) is 4.79 Å². The Morgan fingerprint density at radius 2 is 1.33 bits per heavy atom. The van der Waals surface area contributed by atoms with E-state index in [9.17, 15) is 4.79 Å². The van der Waals surface area contributed by atoms with E-state index in [0.29, 0.717) is 26.2 Å². The zero-order valence-corrected chi connectivity index (χ0v) is 11.8. The Bertz CT molecular complexity index is 528. The molecule has 0 heterocycles. The summed E-state index contributed by atoms with van der Waals surface area (Å²) in [5.74, 6) is 1.54. The highest BCUT2D eigenvalue weighted by Crippen LogP contribution is 2.08. The van der Waals surface area contributed by atoms with Gasteiger partial charge in [-0.05, 0) is 24.3 Å². The van der Waals surface area contributed by atoms with E-state index in [0.717, 1.165) is 11.5 Å². The van der Waals surface area contributed by atoms with Gasteiger partial charge in [0, 0.05) is 0 Å². The summed E-state index contributed by atoms with van der Waals surface area (Å²) in [5, 5.41) is 2.80. The van der Waals surface area contributed by atoms with Gasteiger partial charge in [-0.15, -0.1) is 0 Å². The molecule has 0 fully saturated rings. The normalized spacial score (nSPS) is 9.90. The van der Waals surface area contributed by atoms with Gasteiger partial charge in [0.15, 0.2) is 0 Å². The molecular formula is C17H19NO3. The van der Waals surface area contributed by atoms with Crippen LogP contribution in [0.1, 0.15) is 6.42 Å². The van der Waals surface area contributed by atoms with Crippen LogP contribution in [0, 0.1) is 0 Å². The Hall–Kier alpha value is -2.49. The Kier molecular flexibility index (Phi) is 6.13. The lowest BCUT2D eigenvalue weighted by molar-refractivity contribution is -0.121. The van der Waals surface area contributed by atoms with E-state index in [4.69, 9.17) is 9.47 Å². The zero-order chi connectivity index (χ0) is 14.8. The Morgan fingerprint density at radius 1 is 0.810 bits per heavy atom. The molecule has 0 saturated heterocycles. The van der Waals surface area contributed by atoms with Gasteiger partial charge < -0.3 is 14.8 Å². The second-order valence-electron chi connectivity index (χ2n) is 4.42. The number of hydrogen-bond donors (Lipinski definition) is 1. The van der Waals surface area contributed by atoms with Gasteiger partial charge >= 0.3 is 0 Å². The minimum Gasteiger partial charge on any atom is -0.493 e. The molecule has 0 spiro atoms. The number of carbonyl (C=O) groups excluding carboxylic acids is 1. The van der Waals surface area contributed by atoms with E-state index in [1.807, 2.05) is 60.7 Å². The van der Waals surface area contributed by atoms with E-state index >= 15 is 0 Å². The highest BCUT2D eigenvalue weighted by Gasteiger charge is 2.01. The molecule has 0 bridgehead atoms. The molecule has 0 aliphatic carbocycles. The highest BCUT2D eigenvalue weighted by atomic mass is 16.5. The molecule has 0 atom stereocenters. The third-order valence-corrected chi connectivity index (χ3v) is 2.78. The van der Waals surface area contributed by atoms with E-state index in [-0.39, 0.29) is 5.91 Å². The highest BCUT2D eigenvalue weighted by molar-refractivity contribution is 5.75. The third kappa shape index (κ3) is 5.99. The van der Waals surface area contributed by atoms with Gasteiger partial charge in [-0.2, -0.15) is 0 Å². The van der Waals surface area contributed by atoms with E-state index in [2.05, 4.69) is 5.32 Å². The molecule has 2 rings (SSSR count). The third-order valence-electron chi connectivity index (χ3n) is 2.78. The van der Waals surface area contributed by atoms with E-state index in [1.54, 1.807) is 0 Å². The van der Waals surface area contributed by atoms with Crippen molar-refractivity contribution in [3.63, 3.8) is 0 Å². The minimum atomic E-state index is -0.0393. The molecule has 4 nitrogen and oxygen atoms in total. The number of carbonyl (C=O) groups is 1. The van der Waals surface area contributed by atoms with Gasteiger partial charge in [0.2, 0.25) is 5.91 Å². The smallest absolute Gasteiger partial charge is 0.223 e. The van der Waals surface area contributed by atoms with Crippen LogP contribution in [0.15, 0.2) is 60.7 Å². The lowest BCUT2D eigenvalue weighted by atomic mass is 10.3. The molecule has 0 unspecified atom stereocenters. The molecule has 1 N–H and O–H groups in total. The van der Waals surface area contributed by atoms with Crippen LogP contribution in [-0.4, -0.2) is 25.7 Å². The Balaban J connectivity index is 1.54. The first-order chi connectivity index (χ1) is 10.3. The topological polar surface area (TPSA) is 47.6 Å². The van der Waals surface area contributed by atoms with Crippen molar-refractivity contribution in [2.45, 2.75) is 6.42 Å². The summed E-state index contributed by atoms with van der Waals surface area (Å²) in [7, 11) is 0. The number of benzene rings is 2. The summed E-state index contributed by atoms with van der Waals surface area (Å²) >= 11 is 0. The zero-order valence-electron chi connectivity index (χ0n) is 11.8. The van der Waals surface area contributed by atoms with Gasteiger partial charge in [0.05, 0.1) is 19.6 Å². The summed E-state index contributed by atoms with van der Waals surface area (Å²) in [6, 6.07) is 19.0. The lowest BCUT2D eigenvalue weighted by Crippen LogP contribution is -2.29. The van der Waals surface area contributed by atoms with Crippen molar-refractivity contribution in [3.8, 4) is 11.5 Å². The van der Waals surface area contributed by atoms with Crippen molar-refractivity contribution in [3.05, 3.63) is 60.7 Å². The first-order valence-corrected chi connectivity index (χ1v) is 6.97. The standard InChI is InChI=1S/C17H19NO3/c19-17(11-13-20-15-7-3-1-4-8-15)18-12-14-21-16-9-5-2-6-10-16/h1-10H,11-14H2,(H,18,19). The van der Waals surface area contributed by atoms with Crippen LogP contribution in [0.5, 0.6) is 11.5 Å². The van der Waals surface area contributed by atoms with Gasteiger partial charge in [-0.1, -0.05) is 36.4 Å². The van der Waals surface area contributed by atoms with Crippen molar-refractivity contribution in [2.24, 2.45) is 0 Å². The van der Waals surface area contributed by atoms with Crippen LogP contribution < -0.4 is 14.8 Å². The summed E-state index contributed by atoms with van der Waals surface area (Å²) in [5.41, 5.74) is 0. The maximum Gasteiger partial charge on any atom is 0.223 e. The number of para-hydroxylation sites is 2. The largest absolute Gasteiger partial charge is 0.493 e. The van der Waals surface area contributed by atoms with Crippen LogP contribution in [0.25, 0.3) is 0 Å². The van der Waals surface area contributed by atoms with E-state index < -0.39 is 0 Å². The fraction of sp³-hybridized carbons (Fsp3) is 0.235. The van der Waals surface area contributed by atoms with Crippen molar-refractivity contribution in [2.75, 3.05) is 19.8 Å². The predicted molar refractivity (Wildman–Crippen MR) is 81.5 cm³/mol. The average molecular weight is 285 g/mol. The second-order valence-corrected chi connectivity index (χ2v) is 4.42. The average Bonchev–Trinajstić information content (AvgIpc) is 2.54. The monoisotopic (exact) mass is 285 g/mol. The van der Waals surface area contributed by atoms with Crippen molar-refractivity contribution >= 4 is 5.91 Å². The maximum absolute atomic E-state index is 11.6. The molecular weight excluding hydrogens is 266 g/mol. The minimum absolute atomic E-state index is 0.0393. The van der Waals surface area contributed by atoms with Crippen LogP contribution in [0.4, 0.5) is 0 Å². The van der Waals surface area contributed by atoms with Crippen LogP contribution in [0.3, 0.4) is 0 Å².